The largest absolute Gasteiger partial charge is 0.324 e. The molecule has 2 unspecified atom stereocenters. The topological polar surface area (TPSA) is 26.0 Å². The van der Waals surface area contributed by atoms with E-state index in [9.17, 15) is 8.78 Å². The summed E-state index contributed by atoms with van der Waals surface area (Å²) in [6, 6.07) is 3.16. The molecule has 96 valence electrons. The minimum absolute atomic E-state index is 0.142. The van der Waals surface area contributed by atoms with Crippen LogP contribution in [-0.2, 0) is 0 Å². The molecule has 0 aliphatic carbocycles. The Morgan fingerprint density at radius 2 is 1.59 bits per heavy atom. The Morgan fingerprint density at radius 1 is 1.12 bits per heavy atom. The first-order valence-electron chi connectivity index (χ1n) is 5.91. The highest BCUT2D eigenvalue weighted by molar-refractivity contribution is 5.21. The first-order valence-corrected chi connectivity index (χ1v) is 5.91. The zero-order valence-electron chi connectivity index (χ0n) is 10.9. The SMILES string of the molecule is CC(CC(N)c1cc(F)cc(F)c1)C(C)(C)C. The van der Waals surface area contributed by atoms with Gasteiger partial charge in [-0.1, -0.05) is 27.7 Å². The summed E-state index contributed by atoms with van der Waals surface area (Å²) >= 11 is 0. The fourth-order valence-corrected chi connectivity index (χ4v) is 1.66. The number of nitrogens with two attached hydrogens (primary N) is 1. The van der Waals surface area contributed by atoms with E-state index in [2.05, 4.69) is 27.7 Å². The maximum Gasteiger partial charge on any atom is 0.126 e. The van der Waals surface area contributed by atoms with Crippen molar-refractivity contribution in [3.8, 4) is 0 Å². The summed E-state index contributed by atoms with van der Waals surface area (Å²) in [4.78, 5) is 0. The maximum atomic E-state index is 13.1. The van der Waals surface area contributed by atoms with Gasteiger partial charge in [0.25, 0.3) is 0 Å². The summed E-state index contributed by atoms with van der Waals surface area (Å²) in [6.45, 7) is 8.51. The second-order valence-electron chi connectivity index (χ2n) is 5.81. The summed E-state index contributed by atoms with van der Waals surface area (Å²) in [5.41, 5.74) is 6.67. The molecule has 0 saturated heterocycles. The molecule has 1 rings (SSSR count). The zero-order chi connectivity index (χ0) is 13.2. The third kappa shape index (κ3) is 4.08. The molecule has 3 heteroatoms. The Kier molecular flexibility index (Phi) is 4.26. The second-order valence-corrected chi connectivity index (χ2v) is 5.81. The van der Waals surface area contributed by atoms with Crippen molar-refractivity contribution in [2.75, 3.05) is 0 Å². The van der Waals surface area contributed by atoms with Gasteiger partial charge in [-0.2, -0.15) is 0 Å². The lowest BCUT2D eigenvalue weighted by Crippen LogP contribution is -2.23. The maximum absolute atomic E-state index is 13.1. The zero-order valence-corrected chi connectivity index (χ0v) is 10.9. The van der Waals surface area contributed by atoms with Gasteiger partial charge in [-0.05, 0) is 35.4 Å². The van der Waals surface area contributed by atoms with Gasteiger partial charge in [0, 0.05) is 12.1 Å². The van der Waals surface area contributed by atoms with Crippen molar-refractivity contribution >= 4 is 0 Å². The van der Waals surface area contributed by atoms with Gasteiger partial charge < -0.3 is 5.73 Å². The molecule has 0 bridgehead atoms. The summed E-state index contributed by atoms with van der Waals surface area (Å²) in [7, 11) is 0. The fraction of sp³-hybridized carbons (Fsp3) is 0.571. The van der Waals surface area contributed by atoms with Crippen molar-refractivity contribution < 1.29 is 8.78 Å². The van der Waals surface area contributed by atoms with E-state index in [4.69, 9.17) is 5.73 Å². The van der Waals surface area contributed by atoms with Gasteiger partial charge in [-0.15, -0.1) is 0 Å². The van der Waals surface area contributed by atoms with Crippen molar-refractivity contribution in [1.29, 1.82) is 0 Å². The van der Waals surface area contributed by atoms with Crippen molar-refractivity contribution in [2.45, 2.75) is 40.2 Å². The third-order valence-electron chi connectivity index (χ3n) is 3.40. The van der Waals surface area contributed by atoms with Gasteiger partial charge in [-0.3, -0.25) is 0 Å². The average molecular weight is 241 g/mol. The normalized spacial score (nSPS) is 15.7. The van der Waals surface area contributed by atoms with E-state index in [1.165, 1.54) is 12.1 Å². The first kappa shape index (κ1) is 14.1. The Bertz CT molecular complexity index is 362. The van der Waals surface area contributed by atoms with Crippen molar-refractivity contribution in [1.82, 2.24) is 0 Å². The molecule has 0 aromatic heterocycles. The predicted octanol–water partition coefficient (Wildman–Crippen LogP) is 4.04. The van der Waals surface area contributed by atoms with E-state index in [0.29, 0.717) is 17.9 Å². The van der Waals surface area contributed by atoms with Crippen LogP contribution in [0.15, 0.2) is 18.2 Å². The molecule has 0 saturated carbocycles. The van der Waals surface area contributed by atoms with Crippen LogP contribution in [0.2, 0.25) is 0 Å². The molecule has 1 nitrogen and oxygen atoms in total. The van der Waals surface area contributed by atoms with Crippen LogP contribution in [0.4, 0.5) is 8.78 Å². The number of hydrogen-bond donors (Lipinski definition) is 1. The predicted molar refractivity (Wildman–Crippen MR) is 66.5 cm³/mol. The minimum atomic E-state index is -0.570. The van der Waals surface area contributed by atoms with Gasteiger partial charge in [0.05, 0.1) is 0 Å². The Morgan fingerprint density at radius 3 is 2.00 bits per heavy atom. The van der Waals surface area contributed by atoms with Crippen molar-refractivity contribution in [2.24, 2.45) is 17.1 Å². The summed E-state index contributed by atoms with van der Waals surface area (Å²) in [5, 5.41) is 0. The van der Waals surface area contributed by atoms with E-state index < -0.39 is 11.6 Å². The van der Waals surface area contributed by atoms with Crippen molar-refractivity contribution in [3.63, 3.8) is 0 Å². The van der Waals surface area contributed by atoms with Gasteiger partial charge in [-0.25, -0.2) is 8.78 Å². The number of halogens is 2. The molecule has 2 atom stereocenters. The first-order chi connectivity index (χ1) is 7.70. The molecule has 0 fully saturated rings. The summed E-state index contributed by atoms with van der Waals surface area (Å²) in [5.74, 6) is -0.762. The van der Waals surface area contributed by atoms with E-state index in [1.54, 1.807) is 0 Å². The van der Waals surface area contributed by atoms with Gasteiger partial charge in [0.1, 0.15) is 11.6 Å². The molecule has 2 N–H and O–H groups in total. The quantitative estimate of drug-likeness (QED) is 0.849. The second kappa shape index (κ2) is 5.13. The van der Waals surface area contributed by atoms with E-state index >= 15 is 0 Å². The highest BCUT2D eigenvalue weighted by Crippen LogP contribution is 2.32. The standard InChI is InChI=1S/C14H21F2N/c1-9(14(2,3)4)5-13(17)10-6-11(15)8-12(16)7-10/h6-9,13H,5,17H2,1-4H3. The van der Waals surface area contributed by atoms with Crippen LogP contribution < -0.4 is 5.73 Å². The van der Waals surface area contributed by atoms with Crippen LogP contribution in [0.3, 0.4) is 0 Å². The van der Waals surface area contributed by atoms with Crippen LogP contribution >= 0.6 is 0 Å². The smallest absolute Gasteiger partial charge is 0.126 e. The lowest BCUT2D eigenvalue weighted by molar-refractivity contribution is 0.233. The van der Waals surface area contributed by atoms with Crippen molar-refractivity contribution in [3.05, 3.63) is 35.4 Å². The molecule has 0 spiro atoms. The molecule has 0 heterocycles. The Hall–Kier alpha value is -0.960. The molecular formula is C14H21F2N. The molecular weight excluding hydrogens is 220 g/mol. The summed E-state index contributed by atoms with van der Waals surface area (Å²) < 4.78 is 26.1. The Labute approximate surface area is 102 Å². The highest BCUT2D eigenvalue weighted by Gasteiger charge is 2.23. The molecule has 0 amide bonds. The fourth-order valence-electron chi connectivity index (χ4n) is 1.66. The molecule has 1 aromatic carbocycles. The van der Waals surface area contributed by atoms with Gasteiger partial charge in [0.2, 0.25) is 0 Å². The van der Waals surface area contributed by atoms with Gasteiger partial charge >= 0.3 is 0 Å². The number of hydrogen-bond acceptors (Lipinski definition) is 1. The molecule has 17 heavy (non-hydrogen) atoms. The Balaban J connectivity index is 2.79. The van der Waals surface area contributed by atoms with Crippen LogP contribution in [0.1, 0.15) is 45.7 Å². The average Bonchev–Trinajstić information content (AvgIpc) is 2.14. The monoisotopic (exact) mass is 241 g/mol. The minimum Gasteiger partial charge on any atom is -0.324 e. The highest BCUT2D eigenvalue weighted by atomic mass is 19.1. The molecule has 0 aliphatic rings. The number of rotatable bonds is 3. The van der Waals surface area contributed by atoms with E-state index in [1.807, 2.05) is 0 Å². The third-order valence-corrected chi connectivity index (χ3v) is 3.40. The van der Waals surface area contributed by atoms with Crippen LogP contribution in [-0.4, -0.2) is 0 Å². The lowest BCUT2D eigenvalue weighted by Gasteiger charge is -2.29. The summed E-state index contributed by atoms with van der Waals surface area (Å²) in [6.07, 6.45) is 0.715. The number of benzene rings is 1. The lowest BCUT2D eigenvalue weighted by atomic mass is 9.78. The van der Waals surface area contributed by atoms with Crippen LogP contribution in [0, 0.1) is 23.0 Å². The van der Waals surface area contributed by atoms with Gasteiger partial charge in [0.15, 0.2) is 0 Å². The molecule has 1 aromatic rings. The molecule has 0 radical (unpaired) electrons. The van der Waals surface area contributed by atoms with Crippen LogP contribution in [0.25, 0.3) is 0 Å². The van der Waals surface area contributed by atoms with Crippen LogP contribution in [0.5, 0.6) is 0 Å². The van der Waals surface area contributed by atoms with E-state index in [0.717, 1.165) is 6.07 Å². The van der Waals surface area contributed by atoms with E-state index in [-0.39, 0.29) is 11.5 Å². The molecule has 0 aliphatic heterocycles.